The third-order valence-corrected chi connectivity index (χ3v) is 6.15. The molecule has 0 aromatic heterocycles. The highest BCUT2D eigenvalue weighted by Gasteiger charge is 2.22. The normalized spacial score (nSPS) is 11.3. The molecule has 0 aliphatic rings. The van der Waals surface area contributed by atoms with Gasteiger partial charge in [0.25, 0.3) is 0 Å². The minimum atomic E-state index is -4.02. The highest BCUT2D eigenvalue weighted by Crippen LogP contribution is 2.35. The molecule has 7 heteroatoms. The maximum Gasteiger partial charge on any atom is 0.238 e. The van der Waals surface area contributed by atoms with Crippen molar-refractivity contribution in [2.75, 3.05) is 18.0 Å². The molecule has 2 N–H and O–H groups in total. The van der Waals surface area contributed by atoms with Crippen LogP contribution in [0.3, 0.4) is 0 Å². The van der Waals surface area contributed by atoms with Crippen molar-refractivity contribution < 1.29 is 13.2 Å². The monoisotopic (exact) mass is 442 g/mol. The van der Waals surface area contributed by atoms with Gasteiger partial charge in [0.15, 0.2) is 5.78 Å². The zero-order valence-corrected chi connectivity index (χ0v) is 18.4. The first kappa shape index (κ1) is 22.0. The molecular weight excluding hydrogens is 420 g/mol. The highest BCUT2D eigenvalue weighted by atomic mass is 35.5. The molecular formula is C23H23ClN2O3S. The van der Waals surface area contributed by atoms with Gasteiger partial charge in [-0.25, -0.2) is 13.6 Å². The lowest BCUT2D eigenvalue weighted by Gasteiger charge is -2.23. The molecule has 0 aliphatic heterocycles. The summed E-state index contributed by atoms with van der Waals surface area (Å²) < 4.78 is 24.6. The molecule has 0 bridgehead atoms. The number of carbonyl (C=O) groups is 1. The van der Waals surface area contributed by atoms with Crippen LogP contribution in [0.25, 0.3) is 11.1 Å². The van der Waals surface area contributed by atoms with E-state index >= 15 is 0 Å². The van der Waals surface area contributed by atoms with E-state index in [-0.39, 0.29) is 10.7 Å². The molecule has 0 saturated carbocycles. The van der Waals surface area contributed by atoms with E-state index in [1.54, 1.807) is 54.6 Å². The Balaban J connectivity index is 2.29. The van der Waals surface area contributed by atoms with Crippen LogP contribution in [0.15, 0.2) is 71.6 Å². The van der Waals surface area contributed by atoms with Gasteiger partial charge in [-0.3, -0.25) is 4.79 Å². The Labute approximate surface area is 182 Å². The number of anilines is 1. The van der Waals surface area contributed by atoms with E-state index in [1.807, 2.05) is 19.9 Å². The molecule has 3 rings (SSSR count). The minimum absolute atomic E-state index is 0.0390. The first-order valence-corrected chi connectivity index (χ1v) is 11.5. The summed E-state index contributed by atoms with van der Waals surface area (Å²) in [5, 5.41) is 5.89. The lowest BCUT2D eigenvalue weighted by Crippen LogP contribution is -2.22. The van der Waals surface area contributed by atoms with Crippen molar-refractivity contribution in [2.45, 2.75) is 18.7 Å². The molecule has 156 valence electrons. The molecule has 3 aromatic rings. The van der Waals surface area contributed by atoms with Crippen LogP contribution < -0.4 is 10.0 Å². The van der Waals surface area contributed by atoms with Crippen LogP contribution in [0, 0.1) is 0 Å². The number of hydrogen-bond donors (Lipinski definition) is 1. The second kappa shape index (κ2) is 9.00. The molecule has 5 nitrogen and oxygen atoms in total. The molecule has 0 saturated heterocycles. The lowest BCUT2D eigenvalue weighted by atomic mass is 9.93. The van der Waals surface area contributed by atoms with Crippen LogP contribution in [-0.2, 0) is 10.0 Å². The van der Waals surface area contributed by atoms with Crippen LogP contribution in [0.1, 0.15) is 29.8 Å². The number of rotatable bonds is 7. The molecule has 0 atom stereocenters. The van der Waals surface area contributed by atoms with Gasteiger partial charge in [-0.15, -0.1) is 0 Å². The molecule has 0 radical (unpaired) electrons. The van der Waals surface area contributed by atoms with Gasteiger partial charge in [-0.2, -0.15) is 0 Å². The predicted molar refractivity (Wildman–Crippen MR) is 122 cm³/mol. The largest absolute Gasteiger partial charge is 0.372 e. The van der Waals surface area contributed by atoms with Gasteiger partial charge in [-0.05, 0) is 49.7 Å². The SMILES string of the molecule is CCN(CC)c1ccc(S(N)(=O)=O)c(-c2ccc(Cl)cc2C(=O)c2ccccc2)c1. The van der Waals surface area contributed by atoms with Crippen LogP contribution >= 0.6 is 11.6 Å². The third-order valence-electron chi connectivity index (χ3n) is 4.95. The van der Waals surface area contributed by atoms with Gasteiger partial charge >= 0.3 is 0 Å². The van der Waals surface area contributed by atoms with Crippen LogP contribution in [0.4, 0.5) is 5.69 Å². The van der Waals surface area contributed by atoms with E-state index in [9.17, 15) is 13.2 Å². The minimum Gasteiger partial charge on any atom is -0.372 e. The van der Waals surface area contributed by atoms with E-state index in [0.29, 0.717) is 27.3 Å². The Morgan fingerprint density at radius 3 is 2.20 bits per heavy atom. The fourth-order valence-corrected chi connectivity index (χ4v) is 4.35. The quantitative estimate of drug-likeness (QED) is 0.536. The molecule has 0 fully saturated rings. The smallest absolute Gasteiger partial charge is 0.238 e. The molecule has 0 heterocycles. The maximum atomic E-state index is 13.2. The summed E-state index contributed by atoms with van der Waals surface area (Å²) in [5.74, 6) is -0.248. The van der Waals surface area contributed by atoms with Gasteiger partial charge in [0, 0.05) is 40.5 Å². The second-order valence-corrected chi connectivity index (χ2v) is 8.75. The van der Waals surface area contributed by atoms with E-state index in [2.05, 4.69) is 4.90 Å². The van der Waals surface area contributed by atoms with Crippen LogP contribution in [0.5, 0.6) is 0 Å². The number of ketones is 1. The summed E-state index contributed by atoms with van der Waals surface area (Å²) in [6.07, 6.45) is 0. The van der Waals surface area contributed by atoms with E-state index < -0.39 is 10.0 Å². The summed E-state index contributed by atoms with van der Waals surface area (Å²) >= 11 is 6.19. The standard InChI is InChI=1S/C23H23ClN2O3S/c1-3-26(4-2)18-11-13-22(30(25,28)29)20(15-18)19-12-10-17(24)14-21(19)23(27)16-8-6-5-7-9-16/h5-15H,3-4H2,1-2H3,(H2,25,28,29). The van der Waals surface area contributed by atoms with E-state index in [4.69, 9.17) is 16.7 Å². The number of benzene rings is 3. The average molecular weight is 443 g/mol. The maximum absolute atomic E-state index is 13.2. The molecule has 0 spiro atoms. The van der Waals surface area contributed by atoms with Crippen LogP contribution in [0.2, 0.25) is 5.02 Å². The number of primary sulfonamides is 1. The number of hydrogen-bond acceptors (Lipinski definition) is 4. The second-order valence-electron chi connectivity index (χ2n) is 6.78. The van der Waals surface area contributed by atoms with E-state index in [1.165, 1.54) is 6.07 Å². The number of halogens is 1. The molecule has 0 amide bonds. The zero-order chi connectivity index (χ0) is 21.9. The Morgan fingerprint density at radius 2 is 1.60 bits per heavy atom. The molecule has 0 unspecified atom stereocenters. The first-order chi connectivity index (χ1) is 14.3. The van der Waals surface area contributed by atoms with Gasteiger partial charge in [0.2, 0.25) is 10.0 Å². The third kappa shape index (κ3) is 4.56. The Morgan fingerprint density at radius 1 is 0.933 bits per heavy atom. The Hall–Kier alpha value is -2.67. The van der Waals surface area contributed by atoms with Gasteiger partial charge in [-0.1, -0.05) is 48.0 Å². The fourth-order valence-electron chi connectivity index (χ4n) is 3.45. The number of nitrogens with two attached hydrogens (primary N) is 1. The van der Waals surface area contributed by atoms with Crippen molar-refractivity contribution in [1.29, 1.82) is 0 Å². The van der Waals surface area contributed by atoms with Crippen molar-refractivity contribution in [1.82, 2.24) is 0 Å². The first-order valence-electron chi connectivity index (χ1n) is 9.57. The van der Waals surface area contributed by atoms with Gasteiger partial charge in [0.05, 0.1) is 4.90 Å². The average Bonchev–Trinajstić information content (AvgIpc) is 2.74. The van der Waals surface area contributed by atoms with Crippen molar-refractivity contribution >= 4 is 33.1 Å². The Bertz CT molecular complexity index is 1170. The summed E-state index contributed by atoms with van der Waals surface area (Å²) in [6.45, 7) is 5.54. The summed E-state index contributed by atoms with van der Waals surface area (Å²) in [5.41, 5.74) is 2.48. The highest BCUT2D eigenvalue weighted by molar-refractivity contribution is 7.89. The summed E-state index contributed by atoms with van der Waals surface area (Å²) in [4.78, 5) is 15.3. The van der Waals surface area contributed by atoms with Crippen molar-refractivity contribution in [3.8, 4) is 11.1 Å². The number of nitrogens with zero attached hydrogens (tertiary/aromatic N) is 1. The predicted octanol–water partition coefficient (Wildman–Crippen LogP) is 4.73. The van der Waals surface area contributed by atoms with Crippen molar-refractivity contribution in [3.63, 3.8) is 0 Å². The topological polar surface area (TPSA) is 80.5 Å². The zero-order valence-electron chi connectivity index (χ0n) is 16.8. The van der Waals surface area contributed by atoms with E-state index in [0.717, 1.165) is 18.8 Å². The number of sulfonamides is 1. The molecule has 30 heavy (non-hydrogen) atoms. The Kier molecular flexibility index (Phi) is 6.61. The molecule has 0 aliphatic carbocycles. The summed E-state index contributed by atoms with van der Waals surface area (Å²) in [7, 11) is -4.02. The fraction of sp³-hybridized carbons (Fsp3) is 0.174. The van der Waals surface area contributed by atoms with Gasteiger partial charge < -0.3 is 4.90 Å². The number of carbonyl (C=O) groups excluding carboxylic acids is 1. The molecule has 3 aromatic carbocycles. The van der Waals surface area contributed by atoms with Crippen molar-refractivity contribution in [2.24, 2.45) is 5.14 Å². The van der Waals surface area contributed by atoms with Crippen LogP contribution in [-0.4, -0.2) is 27.3 Å². The lowest BCUT2D eigenvalue weighted by molar-refractivity contribution is 0.103. The van der Waals surface area contributed by atoms with Crippen molar-refractivity contribution in [3.05, 3.63) is 82.9 Å². The summed E-state index contributed by atoms with van der Waals surface area (Å²) in [6, 6.07) is 18.6. The van der Waals surface area contributed by atoms with Gasteiger partial charge in [0.1, 0.15) is 0 Å².